The molecule has 0 radical (unpaired) electrons. The van der Waals surface area contributed by atoms with Crippen molar-refractivity contribution in [3.63, 3.8) is 0 Å². The summed E-state index contributed by atoms with van der Waals surface area (Å²) in [6.45, 7) is 7.45. The number of morpholine rings is 1. The molecule has 2 aromatic carbocycles. The highest BCUT2D eigenvalue weighted by molar-refractivity contribution is 5.90. The maximum absolute atomic E-state index is 15.2. The minimum Gasteiger partial charge on any atom is -0.460 e. The number of nitrogens with zero attached hydrogens (tertiary/aromatic N) is 5. The van der Waals surface area contributed by atoms with E-state index in [0.717, 1.165) is 49.7 Å². The van der Waals surface area contributed by atoms with E-state index in [2.05, 4.69) is 15.3 Å². The van der Waals surface area contributed by atoms with Crippen LogP contribution in [0.1, 0.15) is 34.1 Å². The van der Waals surface area contributed by atoms with Gasteiger partial charge in [0.2, 0.25) is 5.91 Å². The summed E-state index contributed by atoms with van der Waals surface area (Å²) in [5, 5.41) is 7.24. The van der Waals surface area contributed by atoms with Gasteiger partial charge >= 0.3 is 12.1 Å². The predicted octanol–water partition coefficient (Wildman–Crippen LogP) is 2.69. The molecule has 2 fully saturated rings. The van der Waals surface area contributed by atoms with Crippen molar-refractivity contribution in [2.75, 3.05) is 55.8 Å². The maximum atomic E-state index is 15.2. The van der Waals surface area contributed by atoms with E-state index in [-0.39, 0.29) is 31.6 Å². The van der Waals surface area contributed by atoms with Crippen LogP contribution in [0.3, 0.4) is 0 Å². The first kappa shape index (κ1) is 29.6. The second-order valence-corrected chi connectivity index (χ2v) is 11.1. The molecule has 13 heteroatoms. The molecule has 0 aliphatic carbocycles. The number of carbonyl (C=O) groups excluding carboxylic acids is 3. The first-order chi connectivity index (χ1) is 21.3. The lowest BCUT2D eigenvalue weighted by molar-refractivity contribution is -0.119. The molecule has 2 amide bonds. The molecular weight excluding hydrogens is 571 g/mol. The van der Waals surface area contributed by atoms with Crippen molar-refractivity contribution >= 4 is 29.3 Å². The molecule has 0 saturated carbocycles. The van der Waals surface area contributed by atoms with Gasteiger partial charge in [-0.1, -0.05) is 12.1 Å². The van der Waals surface area contributed by atoms with Crippen molar-refractivity contribution in [3.05, 3.63) is 76.9 Å². The van der Waals surface area contributed by atoms with E-state index in [1.807, 2.05) is 23.2 Å². The van der Waals surface area contributed by atoms with Crippen molar-refractivity contribution in [1.82, 2.24) is 20.0 Å². The van der Waals surface area contributed by atoms with Gasteiger partial charge < -0.3 is 24.4 Å². The number of hydrogen-bond donors (Lipinski definition) is 1. The van der Waals surface area contributed by atoms with Crippen molar-refractivity contribution in [1.29, 1.82) is 0 Å². The third kappa shape index (κ3) is 6.84. The molecule has 4 heterocycles. The summed E-state index contributed by atoms with van der Waals surface area (Å²) in [6, 6.07) is 12.2. The highest BCUT2D eigenvalue weighted by atomic mass is 19.1. The number of carbonyl (C=O) groups is 3. The van der Waals surface area contributed by atoms with Crippen molar-refractivity contribution in [2.24, 2.45) is 0 Å². The highest BCUT2D eigenvalue weighted by Crippen LogP contribution is 2.32. The Labute approximate surface area is 254 Å². The minimum atomic E-state index is -0.578. The molecule has 2 saturated heterocycles. The fourth-order valence-corrected chi connectivity index (χ4v) is 5.59. The molecular formula is C31H35FN6O6. The van der Waals surface area contributed by atoms with Crippen LogP contribution in [0.4, 0.5) is 20.6 Å². The lowest BCUT2D eigenvalue weighted by atomic mass is 10.1. The average Bonchev–Trinajstić information content (AvgIpc) is 3.70. The van der Waals surface area contributed by atoms with E-state index in [1.54, 1.807) is 28.9 Å². The fraction of sp³-hybridized carbons (Fsp3) is 0.419. The number of anilines is 2. The number of aromatic nitrogens is 2. The normalized spacial score (nSPS) is 18.3. The van der Waals surface area contributed by atoms with Crippen LogP contribution < -0.4 is 15.1 Å². The number of fused-ring (bicyclic) bond motifs is 1. The molecule has 0 spiro atoms. The van der Waals surface area contributed by atoms with Gasteiger partial charge in [0.25, 0.3) is 0 Å². The summed E-state index contributed by atoms with van der Waals surface area (Å²) in [4.78, 5) is 41.6. The quantitative estimate of drug-likeness (QED) is 0.348. The fourth-order valence-electron chi connectivity index (χ4n) is 5.59. The Kier molecular flexibility index (Phi) is 8.75. The molecule has 44 heavy (non-hydrogen) atoms. The Morgan fingerprint density at radius 1 is 1.11 bits per heavy atom. The molecule has 3 aliphatic rings. The molecule has 0 unspecified atom stereocenters. The number of hydrogen-bond acceptors (Lipinski definition) is 9. The third-order valence-corrected chi connectivity index (χ3v) is 7.92. The van der Waals surface area contributed by atoms with Crippen molar-refractivity contribution < 1.29 is 33.0 Å². The number of rotatable bonds is 10. The van der Waals surface area contributed by atoms with Crippen LogP contribution in [-0.2, 0) is 45.2 Å². The summed E-state index contributed by atoms with van der Waals surface area (Å²) >= 11 is 0. The monoisotopic (exact) mass is 606 g/mol. The minimum absolute atomic E-state index is 0.180. The summed E-state index contributed by atoms with van der Waals surface area (Å²) in [5.41, 5.74) is 4.25. The number of cyclic esters (lactones) is 1. The first-order valence-corrected chi connectivity index (χ1v) is 14.7. The molecule has 1 aromatic heterocycles. The lowest BCUT2D eigenvalue weighted by Crippen LogP contribution is -2.35. The van der Waals surface area contributed by atoms with Gasteiger partial charge in [-0.05, 0) is 35.9 Å². The molecule has 3 aliphatic heterocycles. The second-order valence-electron chi connectivity index (χ2n) is 11.1. The Morgan fingerprint density at radius 2 is 1.91 bits per heavy atom. The summed E-state index contributed by atoms with van der Waals surface area (Å²) in [5.74, 6) is -1.05. The largest absolute Gasteiger partial charge is 0.460 e. The highest BCUT2D eigenvalue weighted by Gasteiger charge is 2.33. The van der Waals surface area contributed by atoms with Crippen molar-refractivity contribution in [3.8, 4) is 0 Å². The summed E-state index contributed by atoms with van der Waals surface area (Å²) in [7, 11) is 0. The number of nitrogens with one attached hydrogen (secondary N) is 1. The van der Waals surface area contributed by atoms with Gasteiger partial charge in [0, 0.05) is 44.9 Å². The van der Waals surface area contributed by atoms with Gasteiger partial charge in [0.1, 0.15) is 18.5 Å². The van der Waals surface area contributed by atoms with Crippen LogP contribution in [0.2, 0.25) is 0 Å². The topological polar surface area (TPSA) is 118 Å². The smallest absolute Gasteiger partial charge is 0.414 e. The summed E-state index contributed by atoms with van der Waals surface area (Å²) in [6.07, 6.45) is 0.817. The molecule has 1 atom stereocenters. The molecule has 12 nitrogen and oxygen atoms in total. The molecule has 3 aromatic rings. The number of benzene rings is 2. The van der Waals surface area contributed by atoms with Gasteiger partial charge in [-0.3, -0.25) is 19.3 Å². The maximum Gasteiger partial charge on any atom is 0.414 e. The zero-order valence-corrected chi connectivity index (χ0v) is 24.5. The van der Waals surface area contributed by atoms with E-state index in [0.29, 0.717) is 36.6 Å². The van der Waals surface area contributed by atoms with Crippen molar-refractivity contribution in [2.45, 2.75) is 39.2 Å². The summed E-state index contributed by atoms with van der Waals surface area (Å²) < 4.78 is 33.1. The standard InChI is InChI=1S/C31H35FN6O6/c1-21(39)33-15-26-19-38(31(41)44-26)25-6-7-29(27(32)14-25)36-17-24-18-37(34-28(24)20-36)10-13-43-30(40)23-4-2-22(3-5-23)16-35-8-11-42-12-9-35/h2-7,14,18,26H,8-13,15-17,19-20H2,1H3,(H,33,39)/t26-/m0/s1. The zero-order valence-electron chi connectivity index (χ0n) is 24.5. The van der Waals surface area contributed by atoms with Crippen LogP contribution in [-0.4, -0.2) is 84.8 Å². The van der Waals surface area contributed by atoms with Crippen LogP contribution in [0.5, 0.6) is 0 Å². The van der Waals surface area contributed by atoms with E-state index in [1.165, 1.54) is 17.9 Å². The number of esters is 1. The second kappa shape index (κ2) is 13.0. The van der Waals surface area contributed by atoms with Gasteiger partial charge in [0.05, 0.1) is 62.0 Å². The van der Waals surface area contributed by atoms with Crippen LogP contribution in [0.15, 0.2) is 48.7 Å². The van der Waals surface area contributed by atoms with E-state index >= 15 is 4.39 Å². The Bertz CT molecular complexity index is 1500. The first-order valence-electron chi connectivity index (χ1n) is 14.7. The van der Waals surface area contributed by atoms with Gasteiger partial charge in [-0.15, -0.1) is 0 Å². The van der Waals surface area contributed by atoms with Gasteiger partial charge in [-0.2, -0.15) is 5.10 Å². The van der Waals surface area contributed by atoms with Gasteiger partial charge in [-0.25, -0.2) is 14.0 Å². The van der Waals surface area contributed by atoms with Crippen LogP contribution >= 0.6 is 0 Å². The Hall–Kier alpha value is -4.49. The molecule has 232 valence electrons. The number of amides is 2. The zero-order chi connectivity index (χ0) is 30.6. The van der Waals surface area contributed by atoms with E-state index < -0.39 is 18.0 Å². The number of ether oxygens (including phenoxy) is 3. The van der Waals surface area contributed by atoms with Crippen LogP contribution in [0.25, 0.3) is 0 Å². The molecule has 6 rings (SSSR count). The third-order valence-electron chi connectivity index (χ3n) is 7.92. The van der Waals surface area contributed by atoms with Gasteiger partial charge in [0.15, 0.2) is 0 Å². The average molecular weight is 607 g/mol. The Morgan fingerprint density at radius 3 is 2.64 bits per heavy atom. The molecule has 0 bridgehead atoms. The Balaban J connectivity index is 0.972. The van der Waals surface area contributed by atoms with E-state index in [9.17, 15) is 14.4 Å². The lowest BCUT2D eigenvalue weighted by Gasteiger charge is -2.26. The van der Waals surface area contributed by atoms with Crippen LogP contribution in [0, 0.1) is 5.82 Å². The van der Waals surface area contributed by atoms with E-state index in [4.69, 9.17) is 14.2 Å². The number of halogens is 1. The SMILES string of the molecule is CC(=O)NC[C@H]1CN(c2ccc(N3Cc4cn(CCOC(=O)c5ccc(CN6CCOCC6)cc5)nc4C3)c(F)c2)C(=O)O1. The molecule has 1 N–H and O–H groups in total. The predicted molar refractivity (Wildman–Crippen MR) is 158 cm³/mol.